The smallest absolute Gasteiger partial charge is 0.237 e. The molecule has 1 aromatic carbocycles. The largest absolute Gasteiger partial charge is 0.352 e. The van der Waals surface area contributed by atoms with Crippen LogP contribution < -0.4 is 11.1 Å². The highest BCUT2D eigenvalue weighted by Gasteiger charge is 2.19. The van der Waals surface area contributed by atoms with Crippen LogP contribution in [0.5, 0.6) is 0 Å². The van der Waals surface area contributed by atoms with E-state index in [4.69, 9.17) is 5.73 Å². The maximum absolute atomic E-state index is 11.9. The van der Waals surface area contributed by atoms with Gasteiger partial charge in [-0.1, -0.05) is 51.1 Å². The lowest BCUT2D eigenvalue weighted by Gasteiger charge is -2.21. The Balaban J connectivity index is 2.55. The van der Waals surface area contributed by atoms with Crippen molar-refractivity contribution < 1.29 is 4.79 Å². The fourth-order valence-corrected chi connectivity index (χ4v) is 1.80. The zero-order valence-corrected chi connectivity index (χ0v) is 11.5. The van der Waals surface area contributed by atoms with E-state index in [0.29, 0.717) is 0 Å². The molecule has 0 aliphatic carbocycles. The van der Waals surface area contributed by atoms with Gasteiger partial charge in [0.25, 0.3) is 0 Å². The highest BCUT2D eigenvalue weighted by atomic mass is 16.2. The Hall–Kier alpha value is -1.35. The van der Waals surface area contributed by atoms with E-state index >= 15 is 0 Å². The van der Waals surface area contributed by atoms with Gasteiger partial charge in [-0.3, -0.25) is 4.79 Å². The van der Waals surface area contributed by atoms with Crippen molar-refractivity contribution in [2.45, 2.75) is 45.7 Å². The van der Waals surface area contributed by atoms with Crippen LogP contribution in [0.25, 0.3) is 0 Å². The second kappa shape index (κ2) is 7.17. The Morgan fingerprint density at radius 1 is 1.28 bits per heavy atom. The molecule has 2 atom stereocenters. The molecule has 1 aromatic rings. The van der Waals surface area contributed by atoms with Gasteiger partial charge in [0.1, 0.15) is 0 Å². The summed E-state index contributed by atoms with van der Waals surface area (Å²) in [5, 5.41) is 3.03. The molecule has 0 aliphatic heterocycles. The van der Waals surface area contributed by atoms with Crippen LogP contribution >= 0.6 is 0 Å². The predicted octanol–water partition coefficient (Wildman–Crippen LogP) is 2.11. The molecule has 3 nitrogen and oxygen atoms in total. The lowest BCUT2D eigenvalue weighted by atomic mass is 10.0. The quantitative estimate of drug-likeness (QED) is 0.810. The lowest BCUT2D eigenvalue weighted by Crippen LogP contribution is -2.48. The summed E-state index contributed by atoms with van der Waals surface area (Å²) in [5.41, 5.74) is 7.08. The molecule has 0 fully saturated rings. The number of amides is 1. The average Bonchev–Trinajstić information content (AvgIpc) is 2.37. The molecule has 1 amide bonds. The van der Waals surface area contributed by atoms with E-state index in [1.165, 1.54) is 5.56 Å². The first-order valence-corrected chi connectivity index (χ1v) is 6.64. The molecule has 0 saturated carbocycles. The molecule has 0 aromatic heterocycles. The van der Waals surface area contributed by atoms with Crippen LogP contribution in [0.15, 0.2) is 30.3 Å². The minimum atomic E-state index is -0.421. The summed E-state index contributed by atoms with van der Waals surface area (Å²) in [6.45, 7) is 6.00. The van der Waals surface area contributed by atoms with Gasteiger partial charge in [0, 0.05) is 6.04 Å². The third-order valence-electron chi connectivity index (χ3n) is 3.19. The van der Waals surface area contributed by atoms with Gasteiger partial charge in [0.15, 0.2) is 0 Å². The van der Waals surface area contributed by atoms with Gasteiger partial charge in [-0.05, 0) is 24.3 Å². The number of carbonyl (C=O) groups excluding carboxylic acids is 1. The van der Waals surface area contributed by atoms with Crippen molar-refractivity contribution in [1.82, 2.24) is 5.32 Å². The molecule has 0 radical (unpaired) electrons. The third kappa shape index (κ3) is 4.49. The molecule has 0 heterocycles. The lowest BCUT2D eigenvalue weighted by molar-refractivity contribution is -0.123. The second-order valence-corrected chi connectivity index (χ2v) is 5.07. The molecule has 3 heteroatoms. The van der Waals surface area contributed by atoms with E-state index in [1.807, 2.05) is 32.0 Å². The first-order chi connectivity index (χ1) is 8.54. The fraction of sp³-hybridized carbons (Fsp3) is 0.533. The zero-order chi connectivity index (χ0) is 13.5. The van der Waals surface area contributed by atoms with Gasteiger partial charge >= 0.3 is 0 Å². The average molecular weight is 248 g/mol. The second-order valence-electron chi connectivity index (χ2n) is 5.07. The summed E-state index contributed by atoms with van der Waals surface area (Å²) < 4.78 is 0. The topological polar surface area (TPSA) is 55.1 Å². The highest BCUT2D eigenvalue weighted by molar-refractivity contribution is 5.82. The molecule has 0 bridgehead atoms. The van der Waals surface area contributed by atoms with Crippen LogP contribution in [0, 0.1) is 5.92 Å². The van der Waals surface area contributed by atoms with E-state index < -0.39 is 6.04 Å². The molecule has 0 saturated heterocycles. The number of hydrogen-bond acceptors (Lipinski definition) is 2. The summed E-state index contributed by atoms with van der Waals surface area (Å²) in [7, 11) is 0. The van der Waals surface area contributed by atoms with E-state index in [0.717, 1.165) is 12.8 Å². The number of carbonyl (C=O) groups is 1. The summed E-state index contributed by atoms with van der Waals surface area (Å²) in [6, 6.07) is 9.93. The molecule has 1 rings (SSSR count). The molecule has 18 heavy (non-hydrogen) atoms. The number of nitrogens with one attached hydrogen (secondary N) is 1. The van der Waals surface area contributed by atoms with Crippen molar-refractivity contribution >= 4 is 5.91 Å². The molecule has 3 N–H and O–H groups in total. The Labute approximate surface area is 110 Å². The number of rotatable bonds is 6. The molecule has 1 unspecified atom stereocenters. The SMILES string of the molecule is CCC(Cc1ccccc1)NC(=O)[C@@H](N)C(C)C. The van der Waals surface area contributed by atoms with Crippen LogP contribution in [0.1, 0.15) is 32.8 Å². The fourth-order valence-electron chi connectivity index (χ4n) is 1.80. The van der Waals surface area contributed by atoms with Crippen LogP contribution in [0.2, 0.25) is 0 Å². The predicted molar refractivity (Wildman–Crippen MR) is 75.2 cm³/mol. The van der Waals surface area contributed by atoms with Gasteiger partial charge in [-0.15, -0.1) is 0 Å². The number of benzene rings is 1. The van der Waals surface area contributed by atoms with E-state index in [2.05, 4.69) is 24.4 Å². The van der Waals surface area contributed by atoms with Gasteiger partial charge in [-0.2, -0.15) is 0 Å². The summed E-state index contributed by atoms with van der Waals surface area (Å²) in [5.74, 6) is 0.118. The normalized spacial score (nSPS) is 14.3. The molecule has 0 aliphatic rings. The first kappa shape index (κ1) is 14.7. The Morgan fingerprint density at radius 2 is 1.89 bits per heavy atom. The van der Waals surface area contributed by atoms with Crippen molar-refractivity contribution in [2.24, 2.45) is 11.7 Å². The maximum atomic E-state index is 11.9. The first-order valence-electron chi connectivity index (χ1n) is 6.64. The van der Waals surface area contributed by atoms with Crippen molar-refractivity contribution in [1.29, 1.82) is 0 Å². The van der Waals surface area contributed by atoms with Gasteiger partial charge in [0.05, 0.1) is 6.04 Å². The standard InChI is InChI=1S/C15H24N2O/c1-4-13(10-12-8-6-5-7-9-12)17-15(18)14(16)11(2)3/h5-9,11,13-14H,4,10,16H2,1-3H3,(H,17,18)/t13?,14-/m0/s1. The van der Waals surface area contributed by atoms with Crippen LogP contribution in [0.4, 0.5) is 0 Å². The summed E-state index contributed by atoms with van der Waals surface area (Å²) >= 11 is 0. The van der Waals surface area contributed by atoms with E-state index in [1.54, 1.807) is 0 Å². The molecular weight excluding hydrogens is 224 g/mol. The van der Waals surface area contributed by atoms with Crippen LogP contribution in [0.3, 0.4) is 0 Å². The van der Waals surface area contributed by atoms with Crippen molar-refractivity contribution in [3.05, 3.63) is 35.9 Å². The van der Waals surface area contributed by atoms with Crippen LogP contribution in [-0.2, 0) is 11.2 Å². The third-order valence-corrected chi connectivity index (χ3v) is 3.19. The minimum Gasteiger partial charge on any atom is -0.352 e. The van der Waals surface area contributed by atoms with Gasteiger partial charge < -0.3 is 11.1 Å². The minimum absolute atomic E-state index is 0.0484. The number of nitrogens with two attached hydrogens (primary N) is 1. The summed E-state index contributed by atoms with van der Waals surface area (Å²) in [6.07, 6.45) is 1.76. The monoisotopic (exact) mass is 248 g/mol. The zero-order valence-electron chi connectivity index (χ0n) is 11.5. The Kier molecular flexibility index (Phi) is 5.86. The number of hydrogen-bond donors (Lipinski definition) is 2. The molecular formula is C15H24N2O. The molecule has 100 valence electrons. The molecule has 0 spiro atoms. The Bertz CT molecular complexity index is 362. The van der Waals surface area contributed by atoms with Crippen LogP contribution in [-0.4, -0.2) is 18.0 Å². The van der Waals surface area contributed by atoms with E-state index in [9.17, 15) is 4.79 Å². The van der Waals surface area contributed by atoms with Gasteiger partial charge in [0.2, 0.25) is 5.91 Å². The van der Waals surface area contributed by atoms with Crippen molar-refractivity contribution in [3.8, 4) is 0 Å². The maximum Gasteiger partial charge on any atom is 0.237 e. The highest BCUT2D eigenvalue weighted by Crippen LogP contribution is 2.07. The Morgan fingerprint density at radius 3 is 2.39 bits per heavy atom. The van der Waals surface area contributed by atoms with E-state index in [-0.39, 0.29) is 17.9 Å². The van der Waals surface area contributed by atoms with Crippen molar-refractivity contribution in [2.75, 3.05) is 0 Å². The van der Waals surface area contributed by atoms with Gasteiger partial charge in [-0.25, -0.2) is 0 Å². The summed E-state index contributed by atoms with van der Waals surface area (Å²) in [4.78, 5) is 11.9. The van der Waals surface area contributed by atoms with Crippen molar-refractivity contribution in [3.63, 3.8) is 0 Å².